The van der Waals surface area contributed by atoms with Crippen LogP contribution in [0.25, 0.3) is 0 Å². The summed E-state index contributed by atoms with van der Waals surface area (Å²) in [5.74, 6) is 0.923. The molecule has 0 spiro atoms. The molecule has 0 aliphatic carbocycles. The highest BCUT2D eigenvalue weighted by atomic mass is 79.9. The van der Waals surface area contributed by atoms with E-state index in [0.29, 0.717) is 5.17 Å². The molecule has 0 radical (unpaired) electrons. The molecule has 1 heterocycles. The van der Waals surface area contributed by atoms with Crippen molar-refractivity contribution in [1.82, 2.24) is 5.17 Å². The molecule has 1 aliphatic rings. The van der Waals surface area contributed by atoms with Gasteiger partial charge < -0.3 is 0 Å². The lowest BCUT2D eigenvalue weighted by atomic mass is 10.3. The molecule has 6 heteroatoms. The summed E-state index contributed by atoms with van der Waals surface area (Å²) in [5.41, 5.74) is 3.64. The van der Waals surface area contributed by atoms with Crippen LogP contribution >= 0.6 is 27.7 Å². The average Bonchev–Trinajstić information content (AvgIpc) is 2.70. The summed E-state index contributed by atoms with van der Waals surface area (Å²) in [6, 6.07) is 7.57. The van der Waals surface area contributed by atoms with E-state index in [0.717, 1.165) is 27.6 Å². The predicted octanol–water partition coefficient (Wildman–Crippen LogP) is 2.57. The average molecular weight is 288 g/mol. The van der Waals surface area contributed by atoms with Crippen molar-refractivity contribution < 1.29 is 5.21 Å². The molecule has 2 N–H and O–H groups in total. The molecule has 1 aromatic rings. The van der Waals surface area contributed by atoms with E-state index >= 15 is 0 Å². The van der Waals surface area contributed by atoms with Crippen molar-refractivity contribution in [1.29, 1.82) is 0 Å². The molecule has 4 nitrogen and oxygen atoms in total. The van der Waals surface area contributed by atoms with Gasteiger partial charge in [0.05, 0.1) is 12.2 Å². The lowest BCUT2D eigenvalue weighted by Crippen LogP contribution is -2.29. The Balaban J connectivity index is 2.02. The monoisotopic (exact) mass is 287 g/mol. The summed E-state index contributed by atoms with van der Waals surface area (Å²) in [4.78, 5) is 4.14. The van der Waals surface area contributed by atoms with Gasteiger partial charge in [0.15, 0.2) is 0 Å². The van der Waals surface area contributed by atoms with Crippen LogP contribution in [0.2, 0.25) is 0 Å². The van der Waals surface area contributed by atoms with E-state index in [1.807, 2.05) is 24.3 Å². The molecule has 0 saturated carbocycles. The Bertz CT molecular complexity index is 385. The Morgan fingerprint density at radius 3 is 3.07 bits per heavy atom. The van der Waals surface area contributed by atoms with E-state index in [1.54, 1.807) is 0 Å². The van der Waals surface area contributed by atoms with Gasteiger partial charge in [0, 0.05) is 10.2 Å². The number of hydroxylamine groups is 1. The first-order valence-corrected chi connectivity index (χ1v) is 6.22. The van der Waals surface area contributed by atoms with Gasteiger partial charge in [-0.25, -0.2) is 0 Å². The first-order chi connectivity index (χ1) is 7.25. The normalized spacial score (nSPS) is 14.9. The Morgan fingerprint density at radius 2 is 2.40 bits per heavy atom. The smallest absolute Gasteiger partial charge is 0.206 e. The van der Waals surface area contributed by atoms with E-state index in [-0.39, 0.29) is 0 Å². The van der Waals surface area contributed by atoms with Gasteiger partial charge in [-0.05, 0) is 18.2 Å². The minimum absolute atomic E-state index is 0.606. The molecule has 2 rings (SSSR count). The number of aliphatic imine (C=N–C) groups is 1. The lowest BCUT2D eigenvalue weighted by Gasteiger charge is -2.17. The number of hydrogen-bond donors (Lipinski definition) is 2. The molecule has 0 bridgehead atoms. The number of nitrogens with zero attached hydrogens (tertiary/aromatic N) is 2. The van der Waals surface area contributed by atoms with E-state index in [9.17, 15) is 5.21 Å². The quantitative estimate of drug-likeness (QED) is 0.821. The number of anilines is 1. The van der Waals surface area contributed by atoms with Crippen molar-refractivity contribution in [3.63, 3.8) is 0 Å². The molecule has 1 aliphatic heterocycles. The molecule has 1 aromatic carbocycles. The van der Waals surface area contributed by atoms with Crippen LogP contribution in [-0.4, -0.2) is 27.8 Å². The first kappa shape index (κ1) is 10.8. The van der Waals surface area contributed by atoms with Gasteiger partial charge in [0.1, 0.15) is 0 Å². The van der Waals surface area contributed by atoms with Crippen molar-refractivity contribution in [2.75, 3.05) is 17.7 Å². The zero-order valence-electron chi connectivity index (χ0n) is 7.85. The zero-order chi connectivity index (χ0) is 10.7. The second-order valence-electron chi connectivity index (χ2n) is 2.95. The van der Waals surface area contributed by atoms with Gasteiger partial charge in [-0.2, -0.15) is 0 Å². The molecule has 0 atom stereocenters. The highest BCUT2D eigenvalue weighted by Gasteiger charge is 2.13. The third kappa shape index (κ3) is 2.87. The Morgan fingerprint density at radius 1 is 1.53 bits per heavy atom. The molecule has 0 aromatic heterocycles. The molecule has 0 fully saturated rings. The number of benzene rings is 1. The molecule has 0 amide bonds. The van der Waals surface area contributed by atoms with Crippen LogP contribution in [0.3, 0.4) is 0 Å². The first-order valence-electron chi connectivity index (χ1n) is 4.44. The fourth-order valence-electron chi connectivity index (χ4n) is 1.18. The largest absolute Gasteiger partial charge is 0.273 e. The molecular formula is C9H10BrN3OS. The van der Waals surface area contributed by atoms with Crippen LogP contribution in [0, 0.1) is 0 Å². The third-order valence-electron chi connectivity index (χ3n) is 1.81. The van der Waals surface area contributed by atoms with E-state index < -0.39 is 0 Å². The maximum atomic E-state index is 9.65. The summed E-state index contributed by atoms with van der Waals surface area (Å²) >= 11 is 4.89. The highest BCUT2D eigenvalue weighted by Crippen LogP contribution is 2.18. The Hall–Kier alpha value is -0.720. The number of hydrogen-bond acceptors (Lipinski definition) is 5. The number of amidine groups is 1. The minimum Gasteiger partial charge on any atom is -0.273 e. The maximum absolute atomic E-state index is 9.65. The van der Waals surface area contributed by atoms with Crippen LogP contribution in [0.5, 0.6) is 0 Å². The molecular weight excluding hydrogens is 278 g/mol. The van der Waals surface area contributed by atoms with Crippen molar-refractivity contribution in [2.45, 2.75) is 0 Å². The summed E-state index contributed by atoms with van der Waals surface area (Å²) in [5, 5.41) is 11.2. The number of rotatable bonds is 2. The minimum atomic E-state index is 0.606. The van der Waals surface area contributed by atoms with E-state index in [4.69, 9.17) is 0 Å². The second-order valence-corrected chi connectivity index (χ2v) is 4.92. The lowest BCUT2D eigenvalue weighted by molar-refractivity contribution is 0.0162. The van der Waals surface area contributed by atoms with Crippen LogP contribution in [0.1, 0.15) is 0 Å². The number of halogens is 1. The molecule has 0 saturated heterocycles. The number of hydrazine groups is 1. The predicted molar refractivity (Wildman–Crippen MR) is 66.2 cm³/mol. The standard InChI is InChI=1S/C9H10BrN3OS/c10-7-2-1-3-8(6-7)12-13(14)9-11-4-5-15-9/h1-3,6,12,14H,4-5H2. The van der Waals surface area contributed by atoms with Gasteiger partial charge in [0.2, 0.25) is 5.17 Å². The van der Waals surface area contributed by atoms with Crippen LogP contribution < -0.4 is 5.43 Å². The fraction of sp³-hybridized carbons (Fsp3) is 0.222. The second kappa shape index (κ2) is 4.87. The van der Waals surface area contributed by atoms with Gasteiger partial charge in [-0.1, -0.05) is 33.8 Å². The molecule has 0 unspecified atom stereocenters. The zero-order valence-corrected chi connectivity index (χ0v) is 10.3. The van der Waals surface area contributed by atoms with Crippen LogP contribution in [0.15, 0.2) is 33.7 Å². The van der Waals surface area contributed by atoms with Crippen molar-refractivity contribution in [2.24, 2.45) is 4.99 Å². The van der Waals surface area contributed by atoms with Crippen molar-refractivity contribution in [3.8, 4) is 0 Å². The molecule has 15 heavy (non-hydrogen) atoms. The SMILES string of the molecule is ON(Nc1cccc(Br)c1)C1=NCCS1. The fourth-order valence-corrected chi connectivity index (χ4v) is 2.30. The summed E-state index contributed by atoms with van der Waals surface area (Å²) < 4.78 is 0.960. The summed E-state index contributed by atoms with van der Waals surface area (Å²) in [7, 11) is 0. The maximum Gasteiger partial charge on any atom is 0.206 e. The van der Waals surface area contributed by atoms with E-state index in [2.05, 4.69) is 26.3 Å². The van der Waals surface area contributed by atoms with Crippen LogP contribution in [-0.2, 0) is 0 Å². The number of nitrogens with one attached hydrogen (secondary N) is 1. The topological polar surface area (TPSA) is 47.9 Å². The Kier molecular flexibility index (Phi) is 3.50. The van der Waals surface area contributed by atoms with Gasteiger partial charge in [-0.15, -0.1) is 5.17 Å². The summed E-state index contributed by atoms with van der Waals surface area (Å²) in [6.07, 6.45) is 0. The molecule has 80 valence electrons. The third-order valence-corrected chi connectivity index (χ3v) is 3.25. The van der Waals surface area contributed by atoms with Gasteiger partial charge in [-0.3, -0.25) is 15.6 Å². The van der Waals surface area contributed by atoms with Crippen molar-refractivity contribution in [3.05, 3.63) is 28.7 Å². The van der Waals surface area contributed by atoms with E-state index in [1.165, 1.54) is 11.8 Å². The van der Waals surface area contributed by atoms with Crippen LogP contribution in [0.4, 0.5) is 5.69 Å². The highest BCUT2D eigenvalue weighted by molar-refractivity contribution is 9.10. The van der Waals surface area contributed by atoms with Gasteiger partial charge >= 0.3 is 0 Å². The summed E-state index contributed by atoms with van der Waals surface area (Å²) in [6.45, 7) is 0.761. The number of thioether (sulfide) groups is 1. The Labute approximate surface area is 100 Å². The van der Waals surface area contributed by atoms with Crippen molar-refractivity contribution >= 4 is 38.5 Å². The van der Waals surface area contributed by atoms with Gasteiger partial charge in [0.25, 0.3) is 0 Å².